The fraction of sp³-hybridized carbons (Fsp3) is 0.462. The Bertz CT molecular complexity index is 433. The van der Waals surface area contributed by atoms with Gasteiger partial charge in [-0.1, -0.05) is 19.4 Å². The van der Waals surface area contributed by atoms with Crippen molar-refractivity contribution in [2.75, 3.05) is 6.79 Å². The number of aliphatic carboxylic acids is 1. The topological polar surface area (TPSA) is 67.8 Å². The van der Waals surface area contributed by atoms with E-state index >= 15 is 0 Å². The lowest BCUT2D eigenvalue weighted by Gasteiger charge is -2.13. The zero-order chi connectivity index (χ0) is 13.0. The van der Waals surface area contributed by atoms with Gasteiger partial charge < -0.3 is 19.9 Å². The van der Waals surface area contributed by atoms with Gasteiger partial charge in [-0.05, 0) is 24.1 Å². The minimum atomic E-state index is -0.808. The fourth-order valence-corrected chi connectivity index (χ4v) is 1.89. The molecule has 2 rings (SSSR count). The lowest BCUT2D eigenvalue weighted by molar-refractivity contribution is -0.139. The van der Waals surface area contributed by atoms with Gasteiger partial charge in [-0.15, -0.1) is 0 Å². The Labute approximate surface area is 106 Å². The molecule has 1 aromatic carbocycles. The van der Waals surface area contributed by atoms with Crippen LogP contribution in [0.15, 0.2) is 18.2 Å². The van der Waals surface area contributed by atoms with E-state index in [-0.39, 0.29) is 6.79 Å². The first-order valence-corrected chi connectivity index (χ1v) is 6.05. The molecule has 1 atom stereocenters. The second kappa shape index (κ2) is 5.73. The van der Waals surface area contributed by atoms with Crippen LogP contribution in [0.3, 0.4) is 0 Å². The van der Waals surface area contributed by atoms with Crippen molar-refractivity contribution in [1.82, 2.24) is 5.32 Å². The fourth-order valence-electron chi connectivity index (χ4n) is 1.89. The highest BCUT2D eigenvalue weighted by atomic mass is 16.7. The van der Waals surface area contributed by atoms with Crippen molar-refractivity contribution >= 4 is 5.97 Å². The number of ether oxygens (including phenoxy) is 2. The first kappa shape index (κ1) is 12.7. The van der Waals surface area contributed by atoms with Crippen LogP contribution in [0.4, 0.5) is 0 Å². The molecule has 98 valence electrons. The van der Waals surface area contributed by atoms with Crippen molar-refractivity contribution in [2.24, 2.45) is 0 Å². The Morgan fingerprint density at radius 2 is 2.22 bits per heavy atom. The number of carbonyl (C=O) groups is 1. The Hall–Kier alpha value is -1.75. The SMILES string of the molecule is CCCC(NCc1ccc2c(c1)OCO2)C(=O)O. The molecule has 0 aliphatic carbocycles. The molecule has 1 unspecified atom stereocenters. The summed E-state index contributed by atoms with van der Waals surface area (Å²) in [5, 5.41) is 12.1. The first-order chi connectivity index (χ1) is 8.70. The number of hydrogen-bond donors (Lipinski definition) is 2. The van der Waals surface area contributed by atoms with Gasteiger partial charge in [0.05, 0.1) is 0 Å². The first-order valence-electron chi connectivity index (χ1n) is 6.05. The van der Waals surface area contributed by atoms with Crippen molar-refractivity contribution in [3.05, 3.63) is 23.8 Å². The quantitative estimate of drug-likeness (QED) is 0.806. The molecule has 0 spiro atoms. The zero-order valence-electron chi connectivity index (χ0n) is 10.3. The van der Waals surface area contributed by atoms with Crippen LogP contribution < -0.4 is 14.8 Å². The van der Waals surface area contributed by atoms with Gasteiger partial charge in [-0.3, -0.25) is 4.79 Å². The lowest BCUT2D eigenvalue weighted by atomic mass is 10.1. The van der Waals surface area contributed by atoms with Crippen LogP contribution in [0.25, 0.3) is 0 Å². The molecule has 0 saturated heterocycles. The molecule has 18 heavy (non-hydrogen) atoms. The number of fused-ring (bicyclic) bond motifs is 1. The van der Waals surface area contributed by atoms with Gasteiger partial charge in [0.15, 0.2) is 11.5 Å². The third kappa shape index (κ3) is 2.92. The Morgan fingerprint density at radius 3 is 2.94 bits per heavy atom. The molecule has 0 amide bonds. The summed E-state index contributed by atoms with van der Waals surface area (Å²) in [6.45, 7) is 2.73. The van der Waals surface area contributed by atoms with Crippen LogP contribution in [0.1, 0.15) is 25.3 Å². The maximum atomic E-state index is 11.0. The van der Waals surface area contributed by atoms with Gasteiger partial charge in [0.1, 0.15) is 6.04 Å². The minimum absolute atomic E-state index is 0.250. The van der Waals surface area contributed by atoms with Crippen LogP contribution in [0.5, 0.6) is 11.5 Å². The van der Waals surface area contributed by atoms with E-state index in [0.29, 0.717) is 13.0 Å². The van der Waals surface area contributed by atoms with E-state index in [1.54, 1.807) is 0 Å². The molecule has 0 aromatic heterocycles. The monoisotopic (exact) mass is 251 g/mol. The molecule has 5 heteroatoms. The maximum Gasteiger partial charge on any atom is 0.320 e. The van der Waals surface area contributed by atoms with Crippen LogP contribution in [-0.2, 0) is 11.3 Å². The van der Waals surface area contributed by atoms with Crippen molar-refractivity contribution < 1.29 is 19.4 Å². The lowest BCUT2D eigenvalue weighted by Crippen LogP contribution is -2.35. The standard InChI is InChI=1S/C13H17NO4/c1-2-3-10(13(15)16)14-7-9-4-5-11-12(6-9)18-8-17-11/h4-6,10,14H,2-3,7-8H2,1H3,(H,15,16). The highest BCUT2D eigenvalue weighted by Crippen LogP contribution is 2.32. The number of nitrogens with one attached hydrogen (secondary N) is 1. The second-order valence-electron chi connectivity index (χ2n) is 4.25. The number of rotatable bonds is 6. The number of benzene rings is 1. The van der Waals surface area contributed by atoms with Gasteiger partial charge in [-0.2, -0.15) is 0 Å². The summed E-state index contributed by atoms with van der Waals surface area (Å²) in [6, 6.07) is 5.13. The average molecular weight is 251 g/mol. The normalized spacial score (nSPS) is 14.5. The molecule has 5 nitrogen and oxygen atoms in total. The van der Waals surface area contributed by atoms with E-state index in [9.17, 15) is 4.79 Å². The van der Waals surface area contributed by atoms with Crippen molar-refractivity contribution in [3.8, 4) is 11.5 Å². The molecule has 0 fully saturated rings. The van der Waals surface area contributed by atoms with Gasteiger partial charge in [-0.25, -0.2) is 0 Å². The number of hydrogen-bond acceptors (Lipinski definition) is 4. The third-order valence-corrected chi connectivity index (χ3v) is 2.87. The van der Waals surface area contributed by atoms with Crippen LogP contribution in [-0.4, -0.2) is 23.9 Å². The summed E-state index contributed by atoms with van der Waals surface area (Å²) in [4.78, 5) is 11.0. The molecular weight excluding hydrogens is 234 g/mol. The van der Waals surface area contributed by atoms with Gasteiger partial charge in [0, 0.05) is 6.54 Å². The zero-order valence-corrected chi connectivity index (χ0v) is 10.3. The molecular formula is C13H17NO4. The summed E-state index contributed by atoms with van der Waals surface area (Å²) < 4.78 is 10.5. The third-order valence-electron chi connectivity index (χ3n) is 2.87. The van der Waals surface area contributed by atoms with Crippen LogP contribution in [0, 0.1) is 0 Å². The van der Waals surface area contributed by atoms with Crippen LogP contribution in [0.2, 0.25) is 0 Å². The summed E-state index contributed by atoms with van der Waals surface area (Å²) in [5.74, 6) is 0.649. The van der Waals surface area contributed by atoms with Crippen molar-refractivity contribution in [1.29, 1.82) is 0 Å². The van der Waals surface area contributed by atoms with E-state index < -0.39 is 12.0 Å². The smallest absolute Gasteiger partial charge is 0.320 e. The number of carboxylic acids is 1. The Morgan fingerprint density at radius 1 is 1.44 bits per heavy atom. The van der Waals surface area contributed by atoms with E-state index in [2.05, 4.69) is 5.32 Å². The second-order valence-corrected chi connectivity index (χ2v) is 4.25. The van der Waals surface area contributed by atoms with E-state index in [1.807, 2.05) is 25.1 Å². The predicted octanol–water partition coefficient (Wildman–Crippen LogP) is 1.76. The average Bonchev–Trinajstić information content (AvgIpc) is 2.81. The molecule has 1 aromatic rings. The van der Waals surface area contributed by atoms with Crippen molar-refractivity contribution in [2.45, 2.75) is 32.4 Å². The Balaban J connectivity index is 1.95. The summed E-state index contributed by atoms with van der Waals surface area (Å²) in [6.07, 6.45) is 1.46. The molecule has 1 aliphatic heterocycles. The molecule has 0 bridgehead atoms. The highest BCUT2D eigenvalue weighted by molar-refractivity contribution is 5.73. The van der Waals surface area contributed by atoms with Crippen molar-refractivity contribution in [3.63, 3.8) is 0 Å². The molecule has 1 heterocycles. The Kier molecular flexibility index (Phi) is 4.04. The molecule has 0 radical (unpaired) electrons. The van der Waals surface area contributed by atoms with Gasteiger partial charge >= 0.3 is 5.97 Å². The largest absolute Gasteiger partial charge is 0.480 e. The molecule has 2 N–H and O–H groups in total. The van der Waals surface area contributed by atoms with E-state index in [1.165, 1.54) is 0 Å². The minimum Gasteiger partial charge on any atom is -0.480 e. The maximum absolute atomic E-state index is 11.0. The van der Waals surface area contributed by atoms with Gasteiger partial charge in [0.25, 0.3) is 0 Å². The predicted molar refractivity (Wildman–Crippen MR) is 65.7 cm³/mol. The van der Waals surface area contributed by atoms with E-state index in [0.717, 1.165) is 23.5 Å². The highest BCUT2D eigenvalue weighted by Gasteiger charge is 2.17. The van der Waals surface area contributed by atoms with Crippen LogP contribution >= 0.6 is 0 Å². The summed E-state index contributed by atoms with van der Waals surface area (Å²) in [7, 11) is 0. The summed E-state index contributed by atoms with van der Waals surface area (Å²) in [5.41, 5.74) is 0.988. The van der Waals surface area contributed by atoms with E-state index in [4.69, 9.17) is 14.6 Å². The summed E-state index contributed by atoms with van der Waals surface area (Å²) >= 11 is 0. The molecule has 0 saturated carbocycles. The van der Waals surface area contributed by atoms with Gasteiger partial charge in [0.2, 0.25) is 6.79 Å². The number of carboxylic acid groups (broad SMARTS) is 1. The molecule has 1 aliphatic rings.